The highest BCUT2D eigenvalue weighted by atomic mass is 16.4. The van der Waals surface area contributed by atoms with Gasteiger partial charge in [0, 0.05) is 19.3 Å². The molecule has 0 radical (unpaired) electrons. The summed E-state index contributed by atoms with van der Waals surface area (Å²) in [6.07, 6.45) is 2.79. The third kappa shape index (κ3) is 2.30. The maximum absolute atomic E-state index is 10.6. The summed E-state index contributed by atoms with van der Waals surface area (Å²) in [6, 6.07) is 3.22. The van der Waals surface area contributed by atoms with Crippen molar-refractivity contribution in [2.45, 2.75) is 18.9 Å². The van der Waals surface area contributed by atoms with E-state index in [9.17, 15) is 9.90 Å². The zero-order valence-electron chi connectivity index (χ0n) is 8.83. The Bertz CT molecular complexity index is 377. The molecule has 1 unspecified atom stereocenters. The quantitative estimate of drug-likeness (QED) is 0.772. The van der Waals surface area contributed by atoms with Gasteiger partial charge in [-0.15, -0.1) is 0 Å². The van der Waals surface area contributed by atoms with E-state index in [1.54, 1.807) is 6.07 Å². The van der Waals surface area contributed by atoms with Crippen LogP contribution in [0.15, 0.2) is 18.3 Å². The molecule has 0 aliphatic carbocycles. The number of hydrogen-bond acceptors (Lipinski definition) is 4. The Kier molecular flexibility index (Phi) is 3.05. The smallest absolute Gasteiger partial charge is 0.337 e. The lowest BCUT2D eigenvalue weighted by atomic mass is 10.1. The fourth-order valence-corrected chi connectivity index (χ4v) is 1.86. The lowest BCUT2D eigenvalue weighted by molar-refractivity contribution is 0.0696. The van der Waals surface area contributed by atoms with Gasteiger partial charge >= 0.3 is 5.97 Å². The van der Waals surface area contributed by atoms with E-state index in [0.29, 0.717) is 6.54 Å². The van der Waals surface area contributed by atoms with Crippen LogP contribution in [0.2, 0.25) is 0 Å². The van der Waals surface area contributed by atoms with E-state index in [1.165, 1.54) is 12.3 Å². The number of aliphatic hydroxyl groups excluding tert-OH is 1. The molecule has 0 amide bonds. The predicted molar refractivity (Wildman–Crippen MR) is 58.7 cm³/mol. The van der Waals surface area contributed by atoms with Crippen LogP contribution < -0.4 is 4.90 Å². The summed E-state index contributed by atoms with van der Waals surface area (Å²) in [5.74, 6) is -0.249. The van der Waals surface area contributed by atoms with Crippen molar-refractivity contribution in [3.05, 3.63) is 23.9 Å². The third-order valence-electron chi connectivity index (χ3n) is 2.72. The van der Waals surface area contributed by atoms with E-state index in [0.717, 1.165) is 25.2 Å². The van der Waals surface area contributed by atoms with E-state index in [4.69, 9.17) is 5.11 Å². The van der Waals surface area contributed by atoms with Gasteiger partial charge in [-0.1, -0.05) is 0 Å². The molecule has 1 aliphatic rings. The van der Waals surface area contributed by atoms with Gasteiger partial charge in [-0.05, 0) is 25.0 Å². The number of carboxylic acids is 1. The van der Waals surface area contributed by atoms with Gasteiger partial charge in [0.1, 0.15) is 5.82 Å². The van der Waals surface area contributed by atoms with E-state index in [2.05, 4.69) is 4.98 Å². The molecular weight excluding hydrogens is 208 g/mol. The summed E-state index contributed by atoms with van der Waals surface area (Å²) >= 11 is 0. The summed E-state index contributed by atoms with van der Waals surface area (Å²) in [5.41, 5.74) is 0.182. The molecule has 1 saturated heterocycles. The van der Waals surface area contributed by atoms with E-state index in [-0.39, 0.29) is 11.7 Å². The minimum absolute atomic E-state index is 0.182. The number of carbonyl (C=O) groups is 1. The van der Waals surface area contributed by atoms with Crippen LogP contribution in [0.25, 0.3) is 0 Å². The third-order valence-corrected chi connectivity index (χ3v) is 2.72. The zero-order chi connectivity index (χ0) is 11.5. The number of anilines is 1. The Labute approximate surface area is 93.3 Å². The van der Waals surface area contributed by atoms with Crippen LogP contribution in [0.4, 0.5) is 5.82 Å². The monoisotopic (exact) mass is 222 g/mol. The molecule has 1 aromatic heterocycles. The van der Waals surface area contributed by atoms with Crippen molar-refractivity contribution in [2.75, 3.05) is 18.0 Å². The molecular formula is C11H14N2O3. The maximum atomic E-state index is 10.6. The Morgan fingerprint density at radius 3 is 2.88 bits per heavy atom. The van der Waals surface area contributed by atoms with E-state index < -0.39 is 5.97 Å². The molecule has 5 heteroatoms. The fourth-order valence-electron chi connectivity index (χ4n) is 1.86. The minimum Gasteiger partial charge on any atom is -0.478 e. The van der Waals surface area contributed by atoms with Crippen molar-refractivity contribution >= 4 is 11.8 Å². The SMILES string of the molecule is O=C(O)c1ccc(N2CCCC(O)C2)nc1. The molecule has 2 N–H and O–H groups in total. The number of nitrogens with zero attached hydrogens (tertiary/aromatic N) is 2. The van der Waals surface area contributed by atoms with Gasteiger partial charge in [0.15, 0.2) is 0 Å². The van der Waals surface area contributed by atoms with Crippen LogP contribution in [0.1, 0.15) is 23.2 Å². The number of pyridine rings is 1. The highest BCUT2D eigenvalue weighted by Gasteiger charge is 2.18. The number of hydrogen-bond donors (Lipinski definition) is 2. The first kappa shape index (κ1) is 10.9. The molecule has 1 aromatic rings. The summed E-state index contributed by atoms with van der Waals surface area (Å²) in [4.78, 5) is 16.7. The van der Waals surface area contributed by atoms with Gasteiger partial charge in [0.2, 0.25) is 0 Å². The Balaban J connectivity index is 2.11. The van der Waals surface area contributed by atoms with Gasteiger partial charge in [-0.25, -0.2) is 9.78 Å². The number of carboxylic acid groups (broad SMARTS) is 1. The number of aliphatic hydroxyl groups is 1. The first-order valence-electron chi connectivity index (χ1n) is 5.29. The van der Waals surface area contributed by atoms with Crippen molar-refractivity contribution in [3.63, 3.8) is 0 Å². The van der Waals surface area contributed by atoms with Gasteiger partial charge in [-0.3, -0.25) is 0 Å². The fraction of sp³-hybridized carbons (Fsp3) is 0.455. The Morgan fingerprint density at radius 2 is 2.31 bits per heavy atom. The number of β-amino-alcohol motifs (C(OH)–C–C–N with tert-alkyl or cyclic N) is 1. The summed E-state index contributed by atoms with van der Waals surface area (Å²) in [7, 11) is 0. The zero-order valence-corrected chi connectivity index (χ0v) is 8.83. The van der Waals surface area contributed by atoms with Crippen LogP contribution in [0.3, 0.4) is 0 Å². The molecule has 0 spiro atoms. The Hall–Kier alpha value is -1.62. The normalized spacial score (nSPS) is 20.8. The number of piperidine rings is 1. The standard InChI is InChI=1S/C11H14N2O3/c14-9-2-1-5-13(7-9)10-4-3-8(6-12-10)11(15)16/h3-4,6,9,14H,1-2,5,7H2,(H,15,16). The van der Waals surface area contributed by atoms with Crippen LogP contribution >= 0.6 is 0 Å². The molecule has 1 aliphatic heterocycles. The van der Waals surface area contributed by atoms with Crippen molar-refractivity contribution in [3.8, 4) is 0 Å². The second-order valence-corrected chi connectivity index (χ2v) is 3.95. The summed E-state index contributed by atoms with van der Waals surface area (Å²) < 4.78 is 0. The van der Waals surface area contributed by atoms with Crippen molar-refractivity contribution < 1.29 is 15.0 Å². The molecule has 0 bridgehead atoms. The molecule has 1 fully saturated rings. The number of aromatic nitrogens is 1. The van der Waals surface area contributed by atoms with Gasteiger partial charge in [0.05, 0.1) is 11.7 Å². The first-order chi connectivity index (χ1) is 7.66. The largest absolute Gasteiger partial charge is 0.478 e. The maximum Gasteiger partial charge on any atom is 0.337 e. The van der Waals surface area contributed by atoms with Gasteiger partial charge in [0.25, 0.3) is 0 Å². The van der Waals surface area contributed by atoms with Crippen LogP contribution in [0, 0.1) is 0 Å². The topological polar surface area (TPSA) is 73.7 Å². The van der Waals surface area contributed by atoms with Crippen LogP contribution in [0.5, 0.6) is 0 Å². The molecule has 2 rings (SSSR count). The van der Waals surface area contributed by atoms with E-state index in [1.807, 2.05) is 4.90 Å². The van der Waals surface area contributed by atoms with Gasteiger partial charge < -0.3 is 15.1 Å². The predicted octanol–water partition coefficient (Wildman–Crippen LogP) is 0.741. The van der Waals surface area contributed by atoms with Crippen molar-refractivity contribution in [2.24, 2.45) is 0 Å². The second-order valence-electron chi connectivity index (χ2n) is 3.95. The number of aromatic carboxylic acids is 1. The lowest BCUT2D eigenvalue weighted by Gasteiger charge is -2.30. The highest BCUT2D eigenvalue weighted by molar-refractivity contribution is 5.87. The molecule has 86 valence electrons. The van der Waals surface area contributed by atoms with Crippen molar-refractivity contribution in [1.29, 1.82) is 0 Å². The average molecular weight is 222 g/mol. The van der Waals surface area contributed by atoms with Crippen LogP contribution in [-0.2, 0) is 0 Å². The number of rotatable bonds is 2. The molecule has 2 heterocycles. The summed E-state index contributed by atoms with van der Waals surface area (Å²) in [5, 5.41) is 18.3. The first-order valence-corrected chi connectivity index (χ1v) is 5.29. The minimum atomic E-state index is -0.974. The summed E-state index contributed by atoms with van der Waals surface area (Å²) in [6.45, 7) is 1.43. The second kappa shape index (κ2) is 4.49. The molecule has 0 saturated carbocycles. The molecule has 5 nitrogen and oxygen atoms in total. The molecule has 1 atom stereocenters. The van der Waals surface area contributed by atoms with Gasteiger partial charge in [-0.2, -0.15) is 0 Å². The highest BCUT2D eigenvalue weighted by Crippen LogP contribution is 2.17. The molecule has 0 aromatic carbocycles. The average Bonchev–Trinajstić information content (AvgIpc) is 2.29. The van der Waals surface area contributed by atoms with Crippen molar-refractivity contribution in [1.82, 2.24) is 4.98 Å². The lowest BCUT2D eigenvalue weighted by Crippen LogP contribution is -2.38. The Morgan fingerprint density at radius 1 is 1.50 bits per heavy atom. The van der Waals surface area contributed by atoms with Crippen LogP contribution in [-0.4, -0.2) is 40.4 Å². The van der Waals surface area contributed by atoms with E-state index >= 15 is 0 Å². The molecule has 16 heavy (non-hydrogen) atoms.